The van der Waals surface area contributed by atoms with Crippen LogP contribution in [0.3, 0.4) is 0 Å². The van der Waals surface area contributed by atoms with E-state index in [4.69, 9.17) is 28.7 Å². The number of anilines is 2. The van der Waals surface area contributed by atoms with Gasteiger partial charge in [0.25, 0.3) is 11.8 Å². The Morgan fingerprint density at radius 3 is 1.93 bits per heavy atom. The summed E-state index contributed by atoms with van der Waals surface area (Å²) < 4.78 is 29.9. The summed E-state index contributed by atoms with van der Waals surface area (Å²) in [6.45, 7) is 0.740. The van der Waals surface area contributed by atoms with Crippen molar-refractivity contribution in [1.82, 2.24) is 0 Å². The summed E-state index contributed by atoms with van der Waals surface area (Å²) in [5.74, 6) is 0.482. The predicted molar refractivity (Wildman–Crippen MR) is 213 cm³/mol. The number of rotatable bonds is 13. The van der Waals surface area contributed by atoms with Gasteiger partial charge in [-0.05, 0) is 48.6 Å². The Kier molecular flexibility index (Phi) is 10.5. The first-order valence-electron chi connectivity index (χ1n) is 19.1. The molecule has 2 atom stereocenters. The number of para-hydroxylation sites is 2. The van der Waals surface area contributed by atoms with E-state index in [1.165, 1.54) is 18.8 Å². The van der Waals surface area contributed by atoms with Gasteiger partial charge < -0.3 is 23.7 Å². The van der Waals surface area contributed by atoms with Crippen molar-refractivity contribution in [2.75, 3.05) is 44.3 Å². The highest BCUT2D eigenvalue weighted by atomic mass is 16.5. The van der Waals surface area contributed by atoms with Crippen LogP contribution in [0.1, 0.15) is 63.9 Å². The third-order valence-corrected chi connectivity index (χ3v) is 10.8. The number of aliphatic imine (C=N–C) groups is 1. The number of unbranched alkanes of at least 4 members (excludes halogenated alkanes) is 2. The minimum absolute atomic E-state index is 0.0950. The molecule has 0 radical (unpaired) electrons. The Morgan fingerprint density at radius 1 is 0.702 bits per heavy atom. The molecule has 13 heteroatoms. The van der Waals surface area contributed by atoms with Crippen LogP contribution in [0, 0.1) is 0 Å². The maximum atomic E-state index is 14.2. The van der Waals surface area contributed by atoms with Crippen LogP contribution in [0.15, 0.2) is 77.8 Å². The van der Waals surface area contributed by atoms with Crippen LogP contribution in [0.2, 0.25) is 0 Å². The van der Waals surface area contributed by atoms with Crippen molar-refractivity contribution >= 4 is 58.9 Å². The fraction of sp³-hybridized carbons (Fsp3) is 0.318. The van der Waals surface area contributed by atoms with Gasteiger partial charge in [0, 0.05) is 42.6 Å². The molecule has 3 amide bonds. The van der Waals surface area contributed by atoms with E-state index in [-0.39, 0.29) is 42.2 Å². The highest BCUT2D eigenvalue weighted by molar-refractivity contribution is 6.15. The zero-order valence-corrected chi connectivity index (χ0v) is 32.1. The summed E-state index contributed by atoms with van der Waals surface area (Å²) in [7, 11) is 4.34. The summed E-state index contributed by atoms with van der Waals surface area (Å²) in [6, 6.07) is 21.8. The summed E-state index contributed by atoms with van der Waals surface area (Å²) in [6.07, 6.45) is 6.82. The van der Waals surface area contributed by atoms with Crippen molar-refractivity contribution in [1.29, 1.82) is 0 Å². The van der Waals surface area contributed by atoms with Gasteiger partial charge in [-0.1, -0.05) is 36.4 Å². The number of nitrogens with zero attached hydrogens (tertiary/aromatic N) is 4. The van der Waals surface area contributed by atoms with Crippen molar-refractivity contribution in [3.63, 3.8) is 0 Å². The van der Waals surface area contributed by atoms with Crippen LogP contribution < -0.4 is 28.7 Å². The number of amides is 3. The summed E-state index contributed by atoms with van der Waals surface area (Å²) in [5.41, 5.74) is 5.46. The highest BCUT2D eigenvalue weighted by Gasteiger charge is 2.43. The largest absolute Gasteiger partial charge is 0.493 e. The molecule has 13 nitrogen and oxygen atoms in total. The van der Waals surface area contributed by atoms with Crippen LogP contribution in [0.4, 0.5) is 22.7 Å². The van der Waals surface area contributed by atoms with E-state index in [9.17, 15) is 19.2 Å². The number of fused-ring (bicyclic) bond motifs is 8. The van der Waals surface area contributed by atoms with Crippen molar-refractivity contribution in [2.24, 2.45) is 4.99 Å². The molecule has 0 aliphatic carbocycles. The van der Waals surface area contributed by atoms with E-state index in [2.05, 4.69) is 0 Å². The molecule has 8 rings (SSSR count). The molecule has 292 valence electrons. The summed E-state index contributed by atoms with van der Waals surface area (Å²) in [4.78, 5) is 61.8. The lowest BCUT2D eigenvalue weighted by Gasteiger charge is -2.22. The first-order valence-corrected chi connectivity index (χ1v) is 19.1. The number of methoxy groups -OCH3 is 3. The standard InChI is InChI=1S/C44H43N4O9/c1-53-37-21-31-33(45-25-29-19-27-11-5-7-13-34(27)47(29)43(31)51)23-39(37)56-17-9-4-10-18-57-40-24-36-32(22-38(40)54-2)44(52)48-30(20-28-12-6-8-14-35(28)48)26-46(36)41(49)15-16-42(50)55-3/h5-8,11-14,21-26,29-30H,4,9-10,15-20H2,1-3H3/q+1/t29-,30-/m0/s1. The first-order chi connectivity index (χ1) is 27.8. The summed E-state index contributed by atoms with van der Waals surface area (Å²) in [5, 5.41) is 0. The number of carbonyl (C=O) groups is 4. The molecule has 0 saturated carbocycles. The van der Waals surface area contributed by atoms with Gasteiger partial charge in [-0.3, -0.25) is 29.2 Å². The minimum Gasteiger partial charge on any atom is -0.493 e. The second-order valence-corrected chi connectivity index (χ2v) is 14.2. The van der Waals surface area contributed by atoms with Crippen LogP contribution in [-0.2, 0) is 27.2 Å². The molecule has 0 fully saturated rings. The van der Waals surface area contributed by atoms with E-state index >= 15 is 0 Å². The van der Waals surface area contributed by atoms with Crippen molar-refractivity contribution in [3.8, 4) is 23.0 Å². The lowest BCUT2D eigenvalue weighted by atomic mass is 10.1. The van der Waals surface area contributed by atoms with Gasteiger partial charge in [0.05, 0.1) is 70.7 Å². The monoisotopic (exact) mass is 771 g/mol. The topological polar surface area (TPSA) is 136 Å². The number of benzene rings is 4. The van der Waals surface area contributed by atoms with Gasteiger partial charge in [0.1, 0.15) is 11.6 Å². The molecule has 4 aromatic rings. The summed E-state index contributed by atoms with van der Waals surface area (Å²) >= 11 is 0. The van der Waals surface area contributed by atoms with E-state index in [0.29, 0.717) is 78.8 Å². The number of esters is 1. The molecular formula is C44H43N4O9+. The average Bonchev–Trinajstić information content (AvgIpc) is 3.73. The molecule has 4 heterocycles. The Bertz CT molecular complexity index is 2340. The lowest BCUT2D eigenvalue weighted by Crippen LogP contribution is -2.38. The van der Waals surface area contributed by atoms with Crippen molar-refractivity contribution in [3.05, 3.63) is 95.1 Å². The molecule has 4 aliphatic rings. The van der Waals surface area contributed by atoms with Gasteiger partial charge in [0.15, 0.2) is 29.2 Å². The van der Waals surface area contributed by atoms with E-state index in [1.54, 1.807) is 47.4 Å². The average molecular weight is 772 g/mol. The van der Waals surface area contributed by atoms with Gasteiger partial charge in [-0.15, -0.1) is 4.58 Å². The fourth-order valence-electron chi connectivity index (χ4n) is 7.95. The van der Waals surface area contributed by atoms with E-state index in [0.717, 1.165) is 28.9 Å². The zero-order chi connectivity index (χ0) is 39.6. The van der Waals surface area contributed by atoms with Gasteiger partial charge in [0.2, 0.25) is 5.69 Å². The number of carbonyl (C=O) groups excluding carboxylic acids is 4. The molecule has 0 spiro atoms. The van der Waals surface area contributed by atoms with Crippen LogP contribution in [-0.4, -0.2) is 87.3 Å². The first kappa shape index (κ1) is 37.4. The quantitative estimate of drug-likeness (QED) is 0.0860. The molecule has 4 aromatic carbocycles. The third kappa shape index (κ3) is 7.09. The number of ether oxygens (including phenoxy) is 5. The Hall–Kier alpha value is -6.50. The second kappa shape index (κ2) is 15.9. The van der Waals surface area contributed by atoms with E-state index in [1.807, 2.05) is 54.7 Å². The molecule has 0 saturated heterocycles. The highest BCUT2D eigenvalue weighted by Crippen LogP contribution is 2.43. The molecule has 4 aliphatic heterocycles. The molecule has 57 heavy (non-hydrogen) atoms. The smallest absolute Gasteiger partial charge is 0.393 e. The molecule has 0 unspecified atom stereocenters. The second-order valence-electron chi connectivity index (χ2n) is 14.2. The van der Waals surface area contributed by atoms with Gasteiger partial charge >= 0.3 is 11.9 Å². The lowest BCUT2D eigenvalue weighted by molar-refractivity contribution is -0.364. The SMILES string of the molecule is COC(=O)CCC(=O)[N+]1=C[C@@H]2Cc3ccccc3N2C(=O)c2cc(OC)c(OCCCCCOc3cc4c(cc3OC)C(=O)N3c5ccccc5C[C@H]3C=N4)cc21. The molecule has 0 N–H and O–H groups in total. The van der Waals surface area contributed by atoms with Crippen LogP contribution in [0.5, 0.6) is 23.0 Å². The molecule has 0 aromatic heterocycles. The number of hydrogen-bond donors (Lipinski definition) is 0. The molecule has 0 bridgehead atoms. The Morgan fingerprint density at radius 2 is 1.28 bits per heavy atom. The third-order valence-electron chi connectivity index (χ3n) is 10.8. The maximum absolute atomic E-state index is 14.2. The van der Waals surface area contributed by atoms with Crippen molar-refractivity contribution < 1.29 is 47.4 Å². The van der Waals surface area contributed by atoms with E-state index < -0.39 is 12.0 Å². The zero-order valence-electron chi connectivity index (χ0n) is 32.1. The normalized spacial score (nSPS) is 17.2. The minimum atomic E-state index is -0.497. The van der Waals surface area contributed by atoms with Gasteiger partial charge in [-0.25, -0.2) is 4.79 Å². The van der Waals surface area contributed by atoms with Crippen LogP contribution >= 0.6 is 0 Å². The number of hydrogen-bond acceptors (Lipinski definition) is 10. The fourth-order valence-corrected chi connectivity index (χ4v) is 7.95. The van der Waals surface area contributed by atoms with Gasteiger partial charge in [-0.2, -0.15) is 0 Å². The Balaban J connectivity index is 0.925. The van der Waals surface area contributed by atoms with Crippen molar-refractivity contribution in [2.45, 2.75) is 57.0 Å². The Labute approximate surface area is 330 Å². The predicted octanol–water partition coefficient (Wildman–Crippen LogP) is 6.40. The van der Waals surface area contributed by atoms with Crippen LogP contribution in [0.25, 0.3) is 0 Å². The molecular weight excluding hydrogens is 729 g/mol. The maximum Gasteiger partial charge on any atom is 0.393 e.